The van der Waals surface area contributed by atoms with Gasteiger partial charge in [-0.1, -0.05) is 118 Å². The van der Waals surface area contributed by atoms with Gasteiger partial charge in [0, 0.05) is 39.7 Å². The monoisotopic (exact) mass is 634 g/mol. The van der Waals surface area contributed by atoms with Gasteiger partial charge in [0.15, 0.2) is 0 Å². The molecule has 0 fully saturated rings. The number of allylic oxidation sites excluding steroid dienone is 4. The predicted octanol–water partition coefficient (Wildman–Crippen LogP) is 6.90. The van der Waals surface area contributed by atoms with E-state index in [1.807, 2.05) is 0 Å². The van der Waals surface area contributed by atoms with Crippen LogP contribution in [0.3, 0.4) is 0 Å². The van der Waals surface area contributed by atoms with Crippen LogP contribution in [0.2, 0.25) is 0 Å². The summed E-state index contributed by atoms with van der Waals surface area (Å²) in [5.41, 5.74) is 14.3. The molecule has 4 heterocycles. The molecule has 3 atom stereocenters. The number of hydrogen-bond donors (Lipinski definition) is 0. The predicted molar refractivity (Wildman–Crippen MR) is 198 cm³/mol. The summed E-state index contributed by atoms with van der Waals surface area (Å²) in [7, 11) is 0.992. The Balaban J connectivity index is 1.32. The highest BCUT2D eigenvalue weighted by Gasteiger charge is 2.58. The summed E-state index contributed by atoms with van der Waals surface area (Å²) in [5, 5.41) is 8.72. The van der Waals surface area contributed by atoms with Gasteiger partial charge < -0.3 is 4.42 Å². The molecule has 226 valence electrons. The van der Waals surface area contributed by atoms with E-state index in [2.05, 4.69) is 167 Å². The topological polar surface area (TPSA) is 22.6 Å². The summed E-state index contributed by atoms with van der Waals surface area (Å²) in [5.74, 6) is 0. The number of furan rings is 1. The third-order valence-corrected chi connectivity index (χ3v) is 11.3. The van der Waals surface area contributed by atoms with Crippen molar-refractivity contribution in [3.63, 3.8) is 0 Å². The minimum atomic E-state index is -0.0782. The van der Waals surface area contributed by atoms with Gasteiger partial charge in [-0.25, -0.2) is 0 Å². The van der Waals surface area contributed by atoms with Crippen LogP contribution >= 0.6 is 8.20 Å². The van der Waals surface area contributed by atoms with Gasteiger partial charge in [0.1, 0.15) is 17.7 Å². The van der Waals surface area contributed by atoms with Gasteiger partial charge in [0.05, 0.1) is 11.7 Å². The Labute approximate surface area is 279 Å². The van der Waals surface area contributed by atoms with Crippen molar-refractivity contribution in [2.75, 3.05) is 5.01 Å². The molecule has 5 aromatic rings. The lowest BCUT2D eigenvalue weighted by Crippen LogP contribution is -2.68. The fourth-order valence-electron chi connectivity index (χ4n) is 8.71. The minimum absolute atomic E-state index is 0.0265. The zero-order valence-corrected chi connectivity index (χ0v) is 26.9. The van der Waals surface area contributed by atoms with Crippen molar-refractivity contribution in [3.05, 3.63) is 172 Å². The van der Waals surface area contributed by atoms with Crippen LogP contribution in [0.4, 0.5) is 11.4 Å². The van der Waals surface area contributed by atoms with Crippen molar-refractivity contribution >= 4 is 70.8 Å². The molecule has 11 rings (SSSR count). The quantitative estimate of drug-likeness (QED) is 0.159. The largest absolute Gasteiger partial charge is 0.449 e. The lowest BCUT2D eigenvalue weighted by molar-refractivity contribution is -0.354. The van der Waals surface area contributed by atoms with Crippen LogP contribution in [0.1, 0.15) is 11.1 Å². The minimum Gasteiger partial charge on any atom is -0.449 e. The maximum absolute atomic E-state index is 6.94. The number of para-hydroxylation sites is 2. The van der Waals surface area contributed by atoms with E-state index in [9.17, 15) is 0 Å². The molecule has 0 spiro atoms. The fourth-order valence-corrected chi connectivity index (χ4v) is 9.12. The van der Waals surface area contributed by atoms with Gasteiger partial charge in [-0.15, -0.1) is 0 Å². The van der Waals surface area contributed by atoms with Crippen molar-refractivity contribution < 1.29 is 8.99 Å². The lowest BCUT2D eigenvalue weighted by Gasteiger charge is -2.52. The Morgan fingerprint density at radius 3 is 2.56 bits per heavy atom. The number of benzene rings is 4. The standard InChI is InChI=1S/C43H29N3OP/c1-48-29-14-9-13-28(24-29)44-38-23-27(26-11-3-2-4-12-26)21-22-37(38)46-41-34(25-35-31-16-6-8-20-39(31)47-43(35)42(41)44)33-18-10-17-32-30-15-5-7-19-36(30)45(46)40(32)33/h2-25,37,40-41H,1H2/q+1. The zero-order valence-electron chi connectivity index (χ0n) is 26.0. The second-order valence-electron chi connectivity index (χ2n) is 13.0. The molecule has 4 nitrogen and oxygen atoms in total. The molecule has 6 aliphatic rings. The maximum Gasteiger partial charge on any atom is 0.254 e. The van der Waals surface area contributed by atoms with E-state index in [1.165, 1.54) is 50.1 Å². The van der Waals surface area contributed by atoms with E-state index in [0.717, 1.165) is 41.2 Å². The molecule has 4 aromatic carbocycles. The van der Waals surface area contributed by atoms with E-state index < -0.39 is 0 Å². The van der Waals surface area contributed by atoms with Crippen LogP contribution in [0.25, 0.3) is 33.9 Å². The van der Waals surface area contributed by atoms with Crippen LogP contribution in [-0.2, 0) is 0 Å². The summed E-state index contributed by atoms with van der Waals surface area (Å²) in [6.45, 7) is 0. The number of hydrogen-bond acceptors (Lipinski definition) is 3. The van der Waals surface area contributed by atoms with Crippen LogP contribution in [0, 0.1) is 0 Å². The second kappa shape index (κ2) is 9.74. The Morgan fingerprint density at radius 1 is 0.792 bits per heavy atom. The van der Waals surface area contributed by atoms with Crippen LogP contribution in [0.15, 0.2) is 155 Å². The smallest absolute Gasteiger partial charge is 0.254 e. The highest BCUT2D eigenvalue weighted by molar-refractivity contribution is 7.45. The molecule has 0 bridgehead atoms. The first-order valence-corrected chi connectivity index (χ1v) is 17.6. The third-order valence-electron chi connectivity index (χ3n) is 10.6. The van der Waals surface area contributed by atoms with E-state index >= 15 is 0 Å². The molecule has 3 aliphatic heterocycles. The summed E-state index contributed by atoms with van der Waals surface area (Å²) in [6, 6.07) is 37.0. The molecule has 1 aromatic heterocycles. The van der Waals surface area contributed by atoms with Crippen LogP contribution in [-0.4, -0.2) is 39.7 Å². The maximum atomic E-state index is 6.94. The average molecular weight is 635 g/mol. The molecule has 0 saturated carbocycles. The van der Waals surface area contributed by atoms with Gasteiger partial charge in [-0.3, -0.25) is 5.01 Å². The van der Waals surface area contributed by atoms with Gasteiger partial charge in [-0.2, -0.15) is 9.58 Å². The molecule has 3 unspecified atom stereocenters. The first-order chi connectivity index (χ1) is 23.8. The zero-order chi connectivity index (χ0) is 31.5. The van der Waals surface area contributed by atoms with E-state index in [0.29, 0.717) is 0 Å². The molecular weight excluding hydrogens is 605 g/mol. The molecular formula is C43H29N3OP+. The van der Waals surface area contributed by atoms with Crippen molar-refractivity contribution in [3.8, 4) is 0 Å². The SMILES string of the molecule is C=Pc1cccc([N+]2=C3C=C(c4ccccc4)C=CC3N3C4C(=C5C=CC=C6c7ccccc7N3C65)C=c3c(oc5ccccc35)=C42)c1. The second-order valence-corrected chi connectivity index (χ2v) is 13.8. The van der Waals surface area contributed by atoms with Gasteiger partial charge >= 0.3 is 0 Å². The van der Waals surface area contributed by atoms with E-state index in [1.54, 1.807) is 0 Å². The normalized spacial score (nSPS) is 23.0. The summed E-state index contributed by atoms with van der Waals surface area (Å²) >= 11 is 0. The third kappa shape index (κ3) is 3.43. The lowest BCUT2D eigenvalue weighted by atomic mass is 9.80. The molecule has 5 heteroatoms. The first kappa shape index (κ1) is 26.5. The molecule has 0 radical (unpaired) electrons. The highest BCUT2D eigenvalue weighted by atomic mass is 31.1. The average Bonchev–Trinajstić information content (AvgIpc) is 3.70. The van der Waals surface area contributed by atoms with Crippen molar-refractivity contribution in [1.29, 1.82) is 0 Å². The first-order valence-electron chi connectivity index (χ1n) is 16.5. The summed E-state index contributed by atoms with van der Waals surface area (Å²) in [4.78, 5) is 0. The number of anilines is 1. The number of fused-ring (bicyclic) bond motifs is 9. The molecule has 0 amide bonds. The van der Waals surface area contributed by atoms with Gasteiger partial charge in [0.25, 0.3) is 5.70 Å². The van der Waals surface area contributed by atoms with Gasteiger partial charge in [0.2, 0.25) is 16.8 Å². The molecule has 3 aliphatic carbocycles. The Hall–Kier alpha value is -5.54. The Bertz CT molecular complexity index is 2610. The Morgan fingerprint density at radius 2 is 1.65 bits per heavy atom. The molecule has 48 heavy (non-hydrogen) atoms. The summed E-state index contributed by atoms with van der Waals surface area (Å²) < 4.78 is 9.44. The van der Waals surface area contributed by atoms with Gasteiger partial charge in [-0.05, 0) is 52.1 Å². The molecule has 0 saturated heterocycles. The number of rotatable bonds is 3. The molecule has 0 N–H and O–H groups in total. The fraction of sp³-hybridized carbons (Fsp3) is 0.0698. The number of hydrazine groups is 1. The van der Waals surface area contributed by atoms with Crippen molar-refractivity contribution in [2.24, 2.45) is 0 Å². The Kier molecular flexibility index (Phi) is 5.38. The number of nitrogens with zero attached hydrogens (tertiary/aromatic N) is 3. The van der Waals surface area contributed by atoms with Crippen LogP contribution in [0.5, 0.6) is 0 Å². The van der Waals surface area contributed by atoms with Crippen LogP contribution < -0.4 is 20.9 Å². The van der Waals surface area contributed by atoms with E-state index in [4.69, 9.17) is 4.42 Å². The summed E-state index contributed by atoms with van der Waals surface area (Å²) in [6.07, 6.45) is 20.7. The van der Waals surface area contributed by atoms with E-state index in [-0.39, 0.29) is 18.1 Å². The highest BCUT2D eigenvalue weighted by Crippen LogP contribution is 2.53. The van der Waals surface area contributed by atoms with Crippen molar-refractivity contribution in [2.45, 2.75) is 18.1 Å². The van der Waals surface area contributed by atoms with Crippen molar-refractivity contribution in [1.82, 2.24) is 5.01 Å².